The van der Waals surface area contributed by atoms with Gasteiger partial charge in [-0.05, 0) is 28.8 Å². The van der Waals surface area contributed by atoms with Gasteiger partial charge in [0.1, 0.15) is 0 Å². The summed E-state index contributed by atoms with van der Waals surface area (Å²) < 4.78 is 0.941. The van der Waals surface area contributed by atoms with E-state index in [4.69, 9.17) is 0 Å². The van der Waals surface area contributed by atoms with E-state index in [1.807, 2.05) is 0 Å². The maximum Gasteiger partial charge on any atom is 0.194 e. The van der Waals surface area contributed by atoms with Crippen molar-refractivity contribution in [3.63, 3.8) is 0 Å². The second-order valence-electron chi connectivity index (χ2n) is 3.67. The molecule has 76 valence electrons. The largest absolute Gasteiger partial charge is 0.291 e. The second-order valence-corrected chi connectivity index (χ2v) is 6.08. The predicted octanol–water partition coefficient (Wildman–Crippen LogP) is 3.67. The van der Waals surface area contributed by atoms with Crippen LogP contribution in [-0.2, 0) is 0 Å². The van der Waals surface area contributed by atoms with E-state index in [1.54, 1.807) is 6.20 Å². The lowest BCUT2D eigenvalue weighted by Crippen LogP contribution is -2.17. The van der Waals surface area contributed by atoms with E-state index in [9.17, 15) is 4.79 Å². The van der Waals surface area contributed by atoms with Crippen LogP contribution in [0.1, 0.15) is 41.9 Å². The molecule has 1 aromatic heterocycles. The minimum absolute atomic E-state index is 0.238. The van der Waals surface area contributed by atoms with E-state index >= 15 is 0 Å². The standard InChI is InChI=1S/C10H12BrNOS/c11-8-6-12-10(14-8)9(13)7-4-2-1-3-5-7/h6-7H,1-5H2. The quantitative estimate of drug-likeness (QED) is 0.770. The van der Waals surface area contributed by atoms with Gasteiger partial charge in [-0.2, -0.15) is 0 Å². The Hall–Kier alpha value is -0.220. The molecular formula is C10H12BrNOS. The molecule has 0 spiro atoms. The summed E-state index contributed by atoms with van der Waals surface area (Å²) >= 11 is 4.77. The van der Waals surface area contributed by atoms with Crippen LogP contribution in [-0.4, -0.2) is 10.8 Å². The van der Waals surface area contributed by atoms with Gasteiger partial charge >= 0.3 is 0 Å². The molecule has 0 unspecified atom stereocenters. The van der Waals surface area contributed by atoms with Gasteiger partial charge in [0.15, 0.2) is 10.8 Å². The van der Waals surface area contributed by atoms with E-state index in [0.29, 0.717) is 5.01 Å². The van der Waals surface area contributed by atoms with Crippen molar-refractivity contribution >= 4 is 33.0 Å². The Kier molecular flexibility index (Phi) is 3.34. The van der Waals surface area contributed by atoms with Gasteiger partial charge in [0, 0.05) is 5.92 Å². The first-order valence-electron chi connectivity index (χ1n) is 4.93. The zero-order valence-corrected chi connectivity index (χ0v) is 10.2. The van der Waals surface area contributed by atoms with Crippen LogP contribution in [0.5, 0.6) is 0 Å². The summed E-state index contributed by atoms with van der Waals surface area (Å²) in [6, 6.07) is 0. The summed E-state index contributed by atoms with van der Waals surface area (Å²) in [7, 11) is 0. The lowest BCUT2D eigenvalue weighted by atomic mass is 9.86. The molecule has 0 saturated heterocycles. The Labute approximate surface area is 95.9 Å². The average Bonchev–Trinajstić information content (AvgIpc) is 2.65. The van der Waals surface area contributed by atoms with Crippen LogP contribution in [0, 0.1) is 5.92 Å². The number of ketones is 1. The highest BCUT2D eigenvalue weighted by Gasteiger charge is 2.24. The summed E-state index contributed by atoms with van der Waals surface area (Å²) in [6.07, 6.45) is 7.49. The van der Waals surface area contributed by atoms with Gasteiger partial charge < -0.3 is 0 Å². The van der Waals surface area contributed by atoms with Crippen molar-refractivity contribution in [1.29, 1.82) is 0 Å². The molecule has 1 aliphatic carbocycles. The van der Waals surface area contributed by atoms with Crippen molar-refractivity contribution in [2.45, 2.75) is 32.1 Å². The zero-order chi connectivity index (χ0) is 9.97. The Bertz CT molecular complexity index is 331. The minimum atomic E-state index is 0.238. The van der Waals surface area contributed by atoms with Gasteiger partial charge in [-0.15, -0.1) is 11.3 Å². The third-order valence-corrected chi connectivity index (χ3v) is 4.15. The van der Waals surface area contributed by atoms with E-state index in [0.717, 1.165) is 16.6 Å². The number of thiazole rings is 1. The van der Waals surface area contributed by atoms with Crippen LogP contribution >= 0.6 is 27.3 Å². The smallest absolute Gasteiger partial charge is 0.194 e. The molecule has 0 aliphatic heterocycles. The van der Waals surface area contributed by atoms with Crippen LogP contribution < -0.4 is 0 Å². The number of hydrogen-bond donors (Lipinski definition) is 0. The molecule has 0 aromatic carbocycles. The Morgan fingerprint density at radius 2 is 2.14 bits per heavy atom. The lowest BCUT2D eigenvalue weighted by Gasteiger charge is -2.18. The molecular weight excluding hydrogens is 262 g/mol. The average molecular weight is 274 g/mol. The van der Waals surface area contributed by atoms with E-state index in [-0.39, 0.29) is 11.7 Å². The third kappa shape index (κ3) is 2.23. The monoisotopic (exact) mass is 273 g/mol. The van der Waals surface area contributed by atoms with Crippen molar-refractivity contribution < 1.29 is 4.79 Å². The van der Waals surface area contributed by atoms with Gasteiger partial charge in [0.2, 0.25) is 0 Å². The Morgan fingerprint density at radius 3 is 2.71 bits per heavy atom. The molecule has 1 heterocycles. The molecule has 2 rings (SSSR count). The normalized spacial score (nSPS) is 18.4. The first kappa shape index (κ1) is 10.3. The van der Waals surface area contributed by atoms with Crippen LogP contribution in [0.25, 0.3) is 0 Å². The van der Waals surface area contributed by atoms with Gasteiger partial charge in [0.25, 0.3) is 0 Å². The lowest BCUT2D eigenvalue weighted by molar-refractivity contribution is 0.0889. The first-order valence-corrected chi connectivity index (χ1v) is 6.54. The van der Waals surface area contributed by atoms with Gasteiger partial charge in [0.05, 0.1) is 9.98 Å². The molecule has 1 saturated carbocycles. The van der Waals surface area contributed by atoms with E-state index < -0.39 is 0 Å². The SMILES string of the molecule is O=C(c1ncc(Br)s1)C1CCCCC1. The summed E-state index contributed by atoms with van der Waals surface area (Å²) in [6.45, 7) is 0. The molecule has 0 radical (unpaired) electrons. The van der Waals surface area contributed by atoms with Gasteiger partial charge in [-0.1, -0.05) is 19.3 Å². The molecule has 4 heteroatoms. The maximum atomic E-state index is 11.9. The first-order chi connectivity index (χ1) is 6.77. The van der Waals surface area contributed by atoms with Gasteiger partial charge in [-0.3, -0.25) is 4.79 Å². The van der Waals surface area contributed by atoms with Crippen molar-refractivity contribution in [2.24, 2.45) is 5.92 Å². The summed E-state index contributed by atoms with van der Waals surface area (Å²) in [5.74, 6) is 0.488. The summed E-state index contributed by atoms with van der Waals surface area (Å²) in [4.78, 5) is 16.1. The zero-order valence-electron chi connectivity index (χ0n) is 7.83. The summed E-state index contributed by atoms with van der Waals surface area (Å²) in [5.41, 5.74) is 0. The highest BCUT2D eigenvalue weighted by Crippen LogP contribution is 2.29. The molecule has 0 amide bonds. The van der Waals surface area contributed by atoms with Crippen molar-refractivity contribution in [3.05, 3.63) is 15.0 Å². The van der Waals surface area contributed by atoms with Crippen LogP contribution in [0.15, 0.2) is 9.98 Å². The molecule has 1 aliphatic rings. The molecule has 14 heavy (non-hydrogen) atoms. The number of carbonyl (C=O) groups is 1. The molecule has 0 atom stereocenters. The number of aromatic nitrogens is 1. The fraction of sp³-hybridized carbons (Fsp3) is 0.600. The van der Waals surface area contributed by atoms with E-state index in [2.05, 4.69) is 20.9 Å². The van der Waals surface area contributed by atoms with Crippen molar-refractivity contribution in [1.82, 2.24) is 4.98 Å². The Morgan fingerprint density at radius 1 is 1.43 bits per heavy atom. The fourth-order valence-corrected chi connectivity index (χ4v) is 3.13. The van der Waals surface area contributed by atoms with Crippen LogP contribution in [0.3, 0.4) is 0 Å². The number of halogens is 1. The molecule has 0 bridgehead atoms. The van der Waals surface area contributed by atoms with Crippen LogP contribution in [0.2, 0.25) is 0 Å². The minimum Gasteiger partial charge on any atom is -0.291 e. The number of rotatable bonds is 2. The highest BCUT2D eigenvalue weighted by molar-refractivity contribution is 9.11. The molecule has 2 nitrogen and oxygen atoms in total. The summed E-state index contributed by atoms with van der Waals surface area (Å²) in [5, 5.41) is 0.670. The van der Waals surface area contributed by atoms with Crippen molar-refractivity contribution in [3.8, 4) is 0 Å². The number of hydrogen-bond acceptors (Lipinski definition) is 3. The van der Waals surface area contributed by atoms with E-state index in [1.165, 1.54) is 30.6 Å². The van der Waals surface area contributed by atoms with Gasteiger partial charge in [-0.25, -0.2) is 4.98 Å². The molecule has 0 N–H and O–H groups in total. The fourth-order valence-electron chi connectivity index (χ4n) is 1.91. The van der Waals surface area contributed by atoms with Crippen LogP contribution in [0.4, 0.5) is 0 Å². The number of Topliss-reactive ketones (excluding diaryl/α,β-unsaturated/α-hetero) is 1. The Balaban J connectivity index is 2.07. The second kappa shape index (κ2) is 4.53. The predicted molar refractivity (Wildman–Crippen MR) is 60.7 cm³/mol. The molecule has 1 aromatic rings. The number of nitrogens with zero attached hydrogens (tertiary/aromatic N) is 1. The maximum absolute atomic E-state index is 11.9. The highest BCUT2D eigenvalue weighted by atomic mass is 79.9. The third-order valence-electron chi connectivity index (χ3n) is 2.66. The molecule has 1 fully saturated rings. The van der Waals surface area contributed by atoms with Crippen molar-refractivity contribution in [2.75, 3.05) is 0 Å². The number of carbonyl (C=O) groups excluding carboxylic acids is 1. The topological polar surface area (TPSA) is 30.0 Å².